The van der Waals surface area contributed by atoms with Crippen molar-refractivity contribution in [1.82, 2.24) is 4.90 Å². The second-order valence-corrected chi connectivity index (χ2v) is 5.31. The van der Waals surface area contributed by atoms with E-state index in [1.54, 1.807) is 7.11 Å². The fourth-order valence-electron chi connectivity index (χ4n) is 2.42. The Labute approximate surface area is 126 Å². The van der Waals surface area contributed by atoms with Gasteiger partial charge in [0.2, 0.25) is 0 Å². The summed E-state index contributed by atoms with van der Waals surface area (Å²) in [4.78, 5) is 2.25. The van der Waals surface area contributed by atoms with E-state index < -0.39 is 0 Å². The molecule has 108 valence electrons. The summed E-state index contributed by atoms with van der Waals surface area (Å²) in [5.74, 6) is 0.638. The molecule has 0 aliphatic heterocycles. The number of nitriles is 1. The van der Waals surface area contributed by atoms with Gasteiger partial charge in [0.1, 0.15) is 11.8 Å². The van der Waals surface area contributed by atoms with Gasteiger partial charge in [0, 0.05) is 13.1 Å². The molecule has 0 aliphatic carbocycles. The van der Waals surface area contributed by atoms with Crippen molar-refractivity contribution in [3.05, 3.63) is 64.7 Å². The Balaban J connectivity index is 2.06. The third-order valence-corrected chi connectivity index (χ3v) is 3.37. The van der Waals surface area contributed by atoms with Crippen LogP contribution in [0, 0.1) is 18.3 Å². The van der Waals surface area contributed by atoms with Crippen molar-refractivity contribution in [3.8, 4) is 11.8 Å². The summed E-state index contributed by atoms with van der Waals surface area (Å²) in [5, 5.41) is 9.00. The highest BCUT2D eigenvalue weighted by Gasteiger charge is 2.06. The van der Waals surface area contributed by atoms with Crippen LogP contribution in [-0.2, 0) is 13.1 Å². The van der Waals surface area contributed by atoms with E-state index in [-0.39, 0.29) is 0 Å². The number of hydrogen-bond donors (Lipinski definition) is 0. The molecule has 21 heavy (non-hydrogen) atoms. The second-order valence-electron chi connectivity index (χ2n) is 5.31. The first-order valence-electron chi connectivity index (χ1n) is 6.93. The summed E-state index contributed by atoms with van der Waals surface area (Å²) in [7, 11) is 3.68. The normalized spacial score (nSPS) is 10.4. The van der Waals surface area contributed by atoms with Crippen LogP contribution < -0.4 is 4.74 Å². The predicted molar refractivity (Wildman–Crippen MR) is 84.1 cm³/mol. The Kier molecular flexibility index (Phi) is 4.97. The third kappa shape index (κ3) is 4.08. The molecule has 0 atom stereocenters. The first kappa shape index (κ1) is 15.1. The van der Waals surface area contributed by atoms with Crippen molar-refractivity contribution < 1.29 is 4.74 Å². The number of benzene rings is 2. The molecular formula is C18H20N2O. The number of hydrogen-bond acceptors (Lipinski definition) is 3. The molecule has 3 nitrogen and oxygen atoms in total. The van der Waals surface area contributed by atoms with Gasteiger partial charge in [-0.2, -0.15) is 5.26 Å². The molecule has 0 aromatic heterocycles. The van der Waals surface area contributed by atoms with Gasteiger partial charge in [0.15, 0.2) is 0 Å². The molecule has 0 amide bonds. The molecule has 0 spiro atoms. The maximum absolute atomic E-state index is 9.00. The summed E-state index contributed by atoms with van der Waals surface area (Å²) >= 11 is 0. The molecule has 0 radical (unpaired) electrons. The summed E-state index contributed by atoms with van der Waals surface area (Å²) in [6, 6.07) is 16.4. The Bertz CT molecular complexity index is 659. The molecule has 0 fully saturated rings. The molecular weight excluding hydrogens is 260 g/mol. The molecule has 2 aromatic rings. The van der Waals surface area contributed by atoms with Gasteiger partial charge in [0.25, 0.3) is 0 Å². The molecule has 0 N–H and O–H groups in total. The highest BCUT2D eigenvalue weighted by molar-refractivity contribution is 5.45. The van der Waals surface area contributed by atoms with Crippen molar-refractivity contribution in [2.24, 2.45) is 0 Å². The van der Waals surface area contributed by atoms with Crippen LogP contribution in [0.15, 0.2) is 42.5 Å². The van der Waals surface area contributed by atoms with E-state index in [4.69, 9.17) is 10.00 Å². The number of methoxy groups -OCH3 is 1. The van der Waals surface area contributed by atoms with Crippen LogP contribution in [0.2, 0.25) is 0 Å². The van der Waals surface area contributed by atoms with E-state index in [9.17, 15) is 0 Å². The summed E-state index contributed by atoms with van der Waals surface area (Å²) in [6.07, 6.45) is 0. The Morgan fingerprint density at radius 3 is 2.43 bits per heavy atom. The summed E-state index contributed by atoms with van der Waals surface area (Å²) in [6.45, 7) is 3.81. The van der Waals surface area contributed by atoms with E-state index in [2.05, 4.69) is 49.2 Å². The predicted octanol–water partition coefficient (Wildman–Crippen LogP) is 3.51. The molecule has 0 aliphatic rings. The molecule has 0 saturated heterocycles. The van der Waals surface area contributed by atoms with Crippen molar-refractivity contribution in [1.29, 1.82) is 5.26 Å². The molecule has 0 heterocycles. The minimum absolute atomic E-state index is 0.572. The minimum Gasteiger partial charge on any atom is -0.495 e. The fraction of sp³-hybridized carbons (Fsp3) is 0.278. The number of ether oxygens (including phenoxy) is 1. The van der Waals surface area contributed by atoms with Gasteiger partial charge >= 0.3 is 0 Å². The molecule has 2 aromatic carbocycles. The largest absolute Gasteiger partial charge is 0.495 e. The zero-order valence-corrected chi connectivity index (χ0v) is 12.8. The van der Waals surface area contributed by atoms with Gasteiger partial charge < -0.3 is 4.74 Å². The van der Waals surface area contributed by atoms with Gasteiger partial charge in [0.05, 0.1) is 12.7 Å². The fourth-order valence-corrected chi connectivity index (χ4v) is 2.42. The lowest BCUT2D eigenvalue weighted by Crippen LogP contribution is -2.17. The van der Waals surface area contributed by atoms with Crippen LogP contribution in [0.3, 0.4) is 0 Å². The van der Waals surface area contributed by atoms with Crippen LogP contribution in [0.1, 0.15) is 22.3 Å². The highest BCUT2D eigenvalue weighted by Crippen LogP contribution is 2.20. The summed E-state index contributed by atoms with van der Waals surface area (Å²) < 4.78 is 5.25. The molecule has 0 unspecified atom stereocenters. The Morgan fingerprint density at radius 2 is 1.81 bits per heavy atom. The maximum Gasteiger partial charge on any atom is 0.136 e. The third-order valence-electron chi connectivity index (χ3n) is 3.37. The molecule has 0 bridgehead atoms. The van der Waals surface area contributed by atoms with E-state index >= 15 is 0 Å². The lowest BCUT2D eigenvalue weighted by atomic mass is 10.1. The van der Waals surface area contributed by atoms with Gasteiger partial charge in [-0.05, 0) is 37.2 Å². The zero-order chi connectivity index (χ0) is 15.2. The monoisotopic (exact) mass is 280 g/mol. The maximum atomic E-state index is 9.00. The molecule has 0 saturated carbocycles. The van der Waals surface area contributed by atoms with E-state index in [0.717, 1.165) is 18.7 Å². The Morgan fingerprint density at radius 1 is 1.10 bits per heavy atom. The topological polar surface area (TPSA) is 36.3 Å². The first-order valence-corrected chi connectivity index (χ1v) is 6.93. The molecule has 2 rings (SSSR count). The average molecular weight is 280 g/mol. The van der Waals surface area contributed by atoms with Crippen LogP contribution in [0.25, 0.3) is 0 Å². The van der Waals surface area contributed by atoms with Crippen molar-refractivity contribution in [2.45, 2.75) is 20.0 Å². The van der Waals surface area contributed by atoms with Gasteiger partial charge in [-0.25, -0.2) is 0 Å². The van der Waals surface area contributed by atoms with Crippen molar-refractivity contribution >= 4 is 0 Å². The Hall–Kier alpha value is -2.31. The van der Waals surface area contributed by atoms with E-state index in [1.165, 1.54) is 11.1 Å². The van der Waals surface area contributed by atoms with Crippen molar-refractivity contribution in [3.63, 3.8) is 0 Å². The number of rotatable bonds is 5. The van der Waals surface area contributed by atoms with Crippen molar-refractivity contribution in [2.75, 3.05) is 14.2 Å². The quantitative estimate of drug-likeness (QED) is 0.841. The van der Waals surface area contributed by atoms with Gasteiger partial charge in [-0.1, -0.05) is 35.9 Å². The smallest absolute Gasteiger partial charge is 0.136 e. The average Bonchev–Trinajstić information content (AvgIpc) is 2.47. The SMILES string of the molecule is COc1cc(CN(C)Cc2cccc(C)c2)ccc1C#N. The van der Waals surface area contributed by atoms with Crippen LogP contribution in [0.4, 0.5) is 0 Å². The van der Waals surface area contributed by atoms with Gasteiger partial charge in [-0.15, -0.1) is 0 Å². The van der Waals surface area contributed by atoms with Crippen LogP contribution in [0.5, 0.6) is 5.75 Å². The summed E-state index contributed by atoms with van der Waals surface area (Å²) in [5.41, 5.74) is 4.29. The lowest BCUT2D eigenvalue weighted by molar-refractivity contribution is 0.318. The number of aryl methyl sites for hydroxylation is 1. The second kappa shape index (κ2) is 6.92. The minimum atomic E-state index is 0.572. The number of nitrogens with zero attached hydrogens (tertiary/aromatic N) is 2. The van der Waals surface area contributed by atoms with E-state index in [0.29, 0.717) is 11.3 Å². The first-order chi connectivity index (χ1) is 10.1. The van der Waals surface area contributed by atoms with E-state index in [1.807, 2.05) is 18.2 Å². The molecule has 3 heteroatoms. The van der Waals surface area contributed by atoms with Crippen LogP contribution in [-0.4, -0.2) is 19.1 Å². The van der Waals surface area contributed by atoms with Crippen LogP contribution >= 0.6 is 0 Å². The van der Waals surface area contributed by atoms with Gasteiger partial charge in [-0.3, -0.25) is 4.90 Å². The lowest BCUT2D eigenvalue weighted by Gasteiger charge is -2.17. The zero-order valence-electron chi connectivity index (χ0n) is 12.8. The standard InChI is InChI=1S/C18H20N2O/c1-14-5-4-6-15(9-14)12-20(2)13-16-7-8-17(11-19)18(10-16)21-3/h4-10H,12-13H2,1-3H3. The highest BCUT2D eigenvalue weighted by atomic mass is 16.5.